The molecular formula is C25H22N2O4. The van der Waals surface area contributed by atoms with E-state index in [0.29, 0.717) is 17.7 Å². The van der Waals surface area contributed by atoms with Gasteiger partial charge in [0.1, 0.15) is 0 Å². The fraction of sp³-hybridized carbons (Fsp3) is 0.160. The average Bonchev–Trinajstić information content (AvgIpc) is 3.13. The average molecular weight is 414 g/mol. The quantitative estimate of drug-likeness (QED) is 0.550. The summed E-state index contributed by atoms with van der Waals surface area (Å²) in [6.07, 6.45) is 0.456. The maximum Gasteiger partial charge on any atom is 0.305 e. The van der Waals surface area contributed by atoms with E-state index in [9.17, 15) is 19.5 Å². The zero-order valence-corrected chi connectivity index (χ0v) is 16.8. The van der Waals surface area contributed by atoms with Gasteiger partial charge >= 0.3 is 5.97 Å². The van der Waals surface area contributed by atoms with Crippen molar-refractivity contribution in [3.05, 3.63) is 89.5 Å². The van der Waals surface area contributed by atoms with Crippen LogP contribution in [0.4, 0.5) is 5.69 Å². The number of rotatable bonds is 7. The molecule has 6 nitrogen and oxygen atoms in total. The first-order valence-corrected chi connectivity index (χ1v) is 10.1. The zero-order valence-electron chi connectivity index (χ0n) is 16.8. The molecule has 31 heavy (non-hydrogen) atoms. The minimum atomic E-state index is -0.977. The van der Waals surface area contributed by atoms with E-state index < -0.39 is 12.0 Å². The van der Waals surface area contributed by atoms with E-state index in [1.165, 1.54) is 0 Å². The zero-order chi connectivity index (χ0) is 21.8. The molecule has 0 fully saturated rings. The van der Waals surface area contributed by atoms with Crippen molar-refractivity contribution in [2.75, 3.05) is 5.32 Å². The first-order valence-electron chi connectivity index (χ1n) is 10.1. The van der Waals surface area contributed by atoms with Gasteiger partial charge in [0, 0.05) is 17.3 Å². The van der Waals surface area contributed by atoms with Crippen LogP contribution >= 0.6 is 0 Å². The lowest BCUT2D eigenvalue weighted by molar-refractivity contribution is -0.137. The Kier molecular flexibility index (Phi) is 5.80. The van der Waals surface area contributed by atoms with Gasteiger partial charge in [-0.25, -0.2) is 0 Å². The van der Waals surface area contributed by atoms with Gasteiger partial charge in [-0.2, -0.15) is 0 Å². The first kappa shape index (κ1) is 20.3. The first-order chi connectivity index (χ1) is 15.0. The Hall–Kier alpha value is -3.93. The maximum absolute atomic E-state index is 12.7. The number of anilines is 1. The van der Waals surface area contributed by atoms with Gasteiger partial charge in [-0.15, -0.1) is 0 Å². The molecule has 0 unspecified atom stereocenters. The third-order valence-corrected chi connectivity index (χ3v) is 5.29. The van der Waals surface area contributed by atoms with Crippen LogP contribution in [0.3, 0.4) is 0 Å². The minimum absolute atomic E-state index is 0.102. The van der Waals surface area contributed by atoms with Gasteiger partial charge < -0.3 is 15.7 Å². The Bertz CT molecular complexity index is 1120. The molecule has 0 saturated carbocycles. The molecule has 156 valence electrons. The number of carboxylic acids is 1. The summed E-state index contributed by atoms with van der Waals surface area (Å²) in [7, 11) is 0. The molecule has 1 heterocycles. The van der Waals surface area contributed by atoms with Gasteiger partial charge in [0.15, 0.2) is 0 Å². The van der Waals surface area contributed by atoms with Crippen LogP contribution in [0.15, 0.2) is 72.8 Å². The number of nitrogens with one attached hydrogen (secondary N) is 2. The topological polar surface area (TPSA) is 95.5 Å². The van der Waals surface area contributed by atoms with Crippen LogP contribution in [0.1, 0.15) is 27.9 Å². The number of benzene rings is 3. The predicted molar refractivity (Wildman–Crippen MR) is 118 cm³/mol. The second-order valence-electron chi connectivity index (χ2n) is 7.63. The third-order valence-electron chi connectivity index (χ3n) is 5.29. The molecule has 1 aliphatic heterocycles. The summed E-state index contributed by atoms with van der Waals surface area (Å²) in [5.41, 5.74) is 5.00. The van der Waals surface area contributed by atoms with Gasteiger partial charge in [0.05, 0.1) is 12.8 Å². The van der Waals surface area contributed by atoms with E-state index >= 15 is 0 Å². The molecule has 3 aromatic rings. The molecule has 3 aromatic carbocycles. The summed E-state index contributed by atoms with van der Waals surface area (Å²) >= 11 is 0. The molecule has 0 bridgehead atoms. The highest BCUT2D eigenvalue weighted by Gasteiger charge is 2.21. The van der Waals surface area contributed by atoms with Crippen molar-refractivity contribution < 1.29 is 19.5 Å². The van der Waals surface area contributed by atoms with Gasteiger partial charge in [-0.1, -0.05) is 54.6 Å². The molecule has 0 aromatic heterocycles. The highest BCUT2D eigenvalue weighted by molar-refractivity contribution is 6.01. The van der Waals surface area contributed by atoms with E-state index in [0.717, 1.165) is 22.3 Å². The van der Waals surface area contributed by atoms with Crippen LogP contribution in [0, 0.1) is 0 Å². The van der Waals surface area contributed by atoms with Crippen LogP contribution in [-0.4, -0.2) is 28.9 Å². The number of carboxylic acid groups (broad SMARTS) is 1. The van der Waals surface area contributed by atoms with E-state index in [4.69, 9.17) is 0 Å². The summed E-state index contributed by atoms with van der Waals surface area (Å²) in [5.74, 6) is -1.43. The maximum atomic E-state index is 12.7. The highest BCUT2D eigenvalue weighted by Crippen LogP contribution is 2.24. The van der Waals surface area contributed by atoms with Crippen molar-refractivity contribution >= 4 is 23.5 Å². The van der Waals surface area contributed by atoms with Gasteiger partial charge in [0.2, 0.25) is 5.91 Å². The number of hydrogen-bond donors (Lipinski definition) is 3. The summed E-state index contributed by atoms with van der Waals surface area (Å²) in [4.78, 5) is 35.6. The van der Waals surface area contributed by atoms with E-state index in [1.807, 2.05) is 54.6 Å². The van der Waals surface area contributed by atoms with Crippen molar-refractivity contribution in [3.8, 4) is 11.1 Å². The lowest BCUT2D eigenvalue weighted by Crippen LogP contribution is -2.38. The van der Waals surface area contributed by atoms with Crippen LogP contribution in [0.5, 0.6) is 0 Å². The van der Waals surface area contributed by atoms with Crippen molar-refractivity contribution in [2.24, 2.45) is 0 Å². The fourth-order valence-corrected chi connectivity index (χ4v) is 3.77. The molecule has 6 heteroatoms. The Morgan fingerprint density at radius 3 is 2.39 bits per heavy atom. The Morgan fingerprint density at radius 1 is 0.968 bits per heavy atom. The monoisotopic (exact) mass is 414 g/mol. The summed E-state index contributed by atoms with van der Waals surface area (Å²) < 4.78 is 0. The Morgan fingerprint density at radius 2 is 1.68 bits per heavy atom. The van der Waals surface area contributed by atoms with Crippen LogP contribution in [0.25, 0.3) is 11.1 Å². The molecule has 1 aliphatic rings. The summed E-state index contributed by atoms with van der Waals surface area (Å²) in [6, 6.07) is 22.3. The van der Waals surface area contributed by atoms with E-state index in [2.05, 4.69) is 10.6 Å². The lowest BCUT2D eigenvalue weighted by Gasteiger charge is -2.18. The highest BCUT2D eigenvalue weighted by atomic mass is 16.4. The molecule has 0 aliphatic carbocycles. The molecule has 0 radical (unpaired) electrons. The SMILES string of the molecule is O=C(O)C[C@@H](Cc1ccc(-c2ccccc2)cc1)NC(=O)c1ccc2c(c1)CC(=O)N2. The smallest absolute Gasteiger partial charge is 0.305 e. The summed E-state index contributed by atoms with van der Waals surface area (Å²) in [5, 5.41) is 14.9. The number of aliphatic carboxylic acids is 1. The van der Waals surface area contributed by atoms with E-state index in [-0.39, 0.29) is 24.7 Å². The number of fused-ring (bicyclic) bond motifs is 1. The van der Waals surface area contributed by atoms with Crippen molar-refractivity contribution in [2.45, 2.75) is 25.3 Å². The number of carbonyl (C=O) groups excluding carboxylic acids is 2. The number of hydrogen-bond acceptors (Lipinski definition) is 3. The summed E-state index contributed by atoms with van der Waals surface area (Å²) in [6.45, 7) is 0. The van der Waals surface area contributed by atoms with Crippen molar-refractivity contribution in [1.82, 2.24) is 5.32 Å². The fourth-order valence-electron chi connectivity index (χ4n) is 3.77. The molecular weight excluding hydrogens is 392 g/mol. The second-order valence-corrected chi connectivity index (χ2v) is 7.63. The van der Waals surface area contributed by atoms with Crippen LogP contribution in [-0.2, 0) is 22.4 Å². The van der Waals surface area contributed by atoms with Crippen molar-refractivity contribution in [3.63, 3.8) is 0 Å². The van der Waals surface area contributed by atoms with Crippen molar-refractivity contribution in [1.29, 1.82) is 0 Å². The van der Waals surface area contributed by atoms with E-state index in [1.54, 1.807) is 18.2 Å². The second kappa shape index (κ2) is 8.83. The standard InChI is InChI=1S/C25H22N2O4/c28-23-14-20-13-19(10-11-22(20)27-23)25(31)26-21(15-24(29)30)12-16-6-8-18(9-7-16)17-4-2-1-3-5-17/h1-11,13,21H,12,14-15H2,(H,26,31)(H,27,28)(H,29,30)/t21-/m1/s1. The number of carbonyl (C=O) groups is 3. The minimum Gasteiger partial charge on any atom is -0.481 e. The molecule has 3 N–H and O–H groups in total. The number of amides is 2. The normalized spacial score (nSPS) is 13.2. The van der Waals surface area contributed by atoms with Crippen LogP contribution in [0.2, 0.25) is 0 Å². The van der Waals surface area contributed by atoms with Gasteiger partial charge in [-0.3, -0.25) is 14.4 Å². The Balaban J connectivity index is 1.46. The lowest BCUT2D eigenvalue weighted by atomic mass is 9.99. The van der Waals surface area contributed by atoms with Gasteiger partial charge in [-0.05, 0) is 46.9 Å². The molecule has 4 rings (SSSR count). The Labute approximate surface area is 179 Å². The van der Waals surface area contributed by atoms with Crippen LogP contribution < -0.4 is 10.6 Å². The molecule has 1 atom stereocenters. The molecule has 0 saturated heterocycles. The molecule has 0 spiro atoms. The van der Waals surface area contributed by atoms with Gasteiger partial charge in [0.25, 0.3) is 5.91 Å². The molecule has 2 amide bonds. The predicted octanol–water partition coefficient (Wildman–Crippen LogP) is 3.66. The largest absolute Gasteiger partial charge is 0.481 e. The third kappa shape index (κ3) is 4.98.